The van der Waals surface area contributed by atoms with Gasteiger partial charge in [0, 0.05) is 16.0 Å². The number of benzene rings is 1. The number of nitrogens with one attached hydrogen (secondary N) is 1. The predicted molar refractivity (Wildman–Crippen MR) is 120 cm³/mol. The van der Waals surface area contributed by atoms with Crippen molar-refractivity contribution in [3.05, 3.63) is 57.6 Å². The molecule has 0 aliphatic heterocycles. The van der Waals surface area contributed by atoms with Gasteiger partial charge in [-0.1, -0.05) is 25.1 Å². The molecule has 31 heavy (non-hydrogen) atoms. The largest absolute Gasteiger partial charge is 0.449 e. The summed E-state index contributed by atoms with van der Waals surface area (Å²) in [5, 5.41) is 13.7. The van der Waals surface area contributed by atoms with Gasteiger partial charge < -0.3 is 10.1 Å². The van der Waals surface area contributed by atoms with Crippen LogP contribution in [0, 0.1) is 18.3 Å². The zero-order valence-corrected chi connectivity index (χ0v) is 18.3. The minimum Gasteiger partial charge on any atom is -0.449 e. The molecule has 4 rings (SSSR count). The predicted octanol–water partition coefficient (Wildman–Crippen LogP) is 4.93. The van der Waals surface area contributed by atoms with Crippen molar-refractivity contribution in [2.75, 3.05) is 5.32 Å². The Kier molecular flexibility index (Phi) is 6.01. The van der Waals surface area contributed by atoms with Crippen LogP contribution in [0.25, 0.3) is 10.9 Å². The summed E-state index contributed by atoms with van der Waals surface area (Å²) in [6, 6.07) is 11.3. The average Bonchev–Trinajstić information content (AvgIpc) is 3.13. The van der Waals surface area contributed by atoms with Gasteiger partial charge in [0.15, 0.2) is 6.10 Å². The summed E-state index contributed by atoms with van der Waals surface area (Å²) in [5.41, 5.74) is 3.39. The summed E-state index contributed by atoms with van der Waals surface area (Å²) in [5.74, 6) is -0.976. The highest BCUT2D eigenvalue weighted by atomic mass is 32.1. The molecule has 3 aromatic rings. The number of hydrogen-bond donors (Lipinski definition) is 1. The van der Waals surface area contributed by atoms with Crippen LogP contribution in [-0.4, -0.2) is 23.0 Å². The number of esters is 1. The highest BCUT2D eigenvalue weighted by molar-refractivity contribution is 7.16. The Morgan fingerprint density at radius 2 is 2.06 bits per heavy atom. The molecular formula is C24H23N3O3S. The van der Waals surface area contributed by atoms with Crippen molar-refractivity contribution in [2.24, 2.45) is 0 Å². The fraction of sp³-hybridized carbons (Fsp3) is 0.333. The number of nitriles is 1. The molecule has 0 radical (unpaired) electrons. The molecular weight excluding hydrogens is 410 g/mol. The molecule has 0 unspecified atom stereocenters. The van der Waals surface area contributed by atoms with E-state index in [4.69, 9.17) is 4.74 Å². The molecule has 1 aromatic carbocycles. The number of fused-ring (bicyclic) bond motifs is 2. The van der Waals surface area contributed by atoms with E-state index in [9.17, 15) is 14.9 Å². The maximum atomic E-state index is 12.9. The highest BCUT2D eigenvalue weighted by Gasteiger charge is 2.27. The first-order valence-electron chi connectivity index (χ1n) is 10.4. The first-order chi connectivity index (χ1) is 15.0. The van der Waals surface area contributed by atoms with Crippen LogP contribution in [0.4, 0.5) is 5.00 Å². The van der Waals surface area contributed by atoms with Gasteiger partial charge in [-0.15, -0.1) is 11.3 Å². The van der Waals surface area contributed by atoms with Gasteiger partial charge in [0.05, 0.1) is 16.6 Å². The number of ether oxygens (including phenoxy) is 1. The number of pyridine rings is 1. The van der Waals surface area contributed by atoms with Crippen LogP contribution in [0.1, 0.15) is 58.2 Å². The number of aryl methyl sites for hydroxylation is 2. The minimum atomic E-state index is -0.953. The molecule has 7 heteroatoms. The molecule has 1 N–H and O–H groups in total. The third-order valence-electron chi connectivity index (χ3n) is 5.50. The third-order valence-corrected chi connectivity index (χ3v) is 6.70. The molecule has 1 aliphatic carbocycles. The smallest absolute Gasteiger partial charge is 0.339 e. The van der Waals surface area contributed by atoms with Crippen LogP contribution >= 0.6 is 11.3 Å². The summed E-state index contributed by atoms with van der Waals surface area (Å²) in [6.07, 6.45) is 3.33. The number of aromatic nitrogens is 1. The van der Waals surface area contributed by atoms with E-state index in [0.29, 0.717) is 39.1 Å². The van der Waals surface area contributed by atoms with E-state index in [2.05, 4.69) is 16.4 Å². The van der Waals surface area contributed by atoms with Crippen molar-refractivity contribution in [3.63, 3.8) is 0 Å². The van der Waals surface area contributed by atoms with Gasteiger partial charge in [-0.2, -0.15) is 5.26 Å². The minimum absolute atomic E-state index is 0.326. The second-order valence-corrected chi connectivity index (χ2v) is 8.75. The van der Waals surface area contributed by atoms with Gasteiger partial charge in [0.1, 0.15) is 11.1 Å². The van der Waals surface area contributed by atoms with Gasteiger partial charge in [0.25, 0.3) is 5.91 Å². The number of para-hydroxylation sites is 1. The number of thiophene rings is 1. The standard InChI is InChI=1S/C24H23N3O3S/c1-3-20(22(28)27-23-18(13-25)16-9-5-7-11-21(16)31-23)30-24(29)17-12-14(2)26-19-10-6-4-8-15(17)19/h4,6,8,10,12,20H,3,5,7,9,11H2,1-2H3,(H,27,28)/t20-/m0/s1. The molecule has 1 amide bonds. The molecule has 0 fully saturated rings. The van der Waals surface area contributed by atoms with Crippen molar-refractivity contribution in [1.29, 1.82) is 5.26 Å². The Hall–Kier alpha value is -3.24. The zero-order chi connectivity index (χ0) is 22.0. The monoisotopic (exact) mass is 433 g/mol. The van der Waals surface area contributed by atoms with Crippen LogP contribution in [0.5, 0.6) is 0 Å². The Morgan fingerprint density at radius 1 is 1.29 bits per heavy atom. The molecule has 2 heterocycles. The first-order valence-corrected chi connectivity index (χ1v) is 11.3. The number of carbonyl (C=O) groups is 2. The normalized spacial score (nSPS) is 13.8. The van der Waals surface area contributed by atoms with E-state index in [1.54, 1.807) is 13.0 Å². The molecule has 0 bridgehead atoms. The van der Waals surface area contributed by atoms with Gasteiger partial charge in [0.2, 0.25) is 0 Å². The molecule has 0 spiro atoms. The molecule has 0 saturated carbocycles. The number of anilines is 1. The van der Waals surface area contributed by atoms with Gasteiger partial charge in [-0.05, 0) is 56.7 Å². The summed E-state index contributed by atoms with van der Waals surface area (Å²) >= 11 is 1.46. The Bertz CT molecular complexity index is 1210. The third kappa shape index (κ3) is 4.17. The number of rotatable bonds is 5. The highest BCUT2D eigenvalue weighted by Crippen LogP contribution is 2.37. The van der Waals surface area contributed by atoms with Crippen molar-refractivity contribution >= 4 is 39.1 Å². The summed E-state index contributed by atoms with van der Waals surface area (Å²) in [4.78, 5) is 31.5. The topological polar surface area (TPSA) is 92.1 Å². The van der Waals surface area contributed by atoms with E-state index in [0.717, 1.165) is 31.2 Å². The second kappa shape index (κ2) is 8.86. The van der Waals surface area contributed by atoms with Crippen molar-refractivity contribution in [2.45, 2.75) is 52.1 Å². The maximum Gasteiger partial charge on any atom is 0.339 e. The van der Waals surface area contributed by atoms with Crippen molar-refractivity contribution in [3.8, 4) is 6.07 Å². The van der Waals surface area contributed by atoms with E-state index >= 15 is 0 Å². The van der Waals surface area contributed by atoms with Crippen LogP contribution in [0.2, 0.25) is 0 Å². The lowest BCUT2D eigenvalue weighted by molar-refractivity contribution is -0.124. The first kappa shape index (κ1) is 21.0. The molecule has 0 saturated heterocycles. The molecule has 158 valence electrons. The Morgan fingerprint density at radius 3 is 2.84 bits per heavy atom. The zero-order valence-electron chi connectivity index (χ0n) is 17.5. The molecule has 2 aromatic heterocycles. The van der Waals surface area contributed by atoms with E-state index in [1.807, 2.05) is 31.2 Å². The fourth-order valence-corrected chi connectivity index (χ4v) is 5.20. The molecule has 1 atom stereocenters. The van der Waals surface area contributed by atoms with Crippen LogP contribution < -0.4 is 5.32 Å². The van der Waals surface area contributed by atoms with E-state index < -0.39 is 18.0 Å². The van der Waals surface area contributed by atoms with Gasteiger partial charge >= 0.3 is 5.97 Å². The summed E-state index contributed by atoms with van der Waals surface area (Å²) in [6.45, 7) is 3.60. The lowest BCUT2D eigenvalue weighted by atomic mass is 9.96. The number of carbonyl (C=O) groups excluding carboxylic acids is 2. The molecule has 6 nitrogen and oxygen atoms in total. The average molecular weight is 434 g/mol. The second-order valence-electron chi connectivity index (χ2n) is 7.65. The number of hydrogen-bond acceptors (Lipinski definition) is 6. The van der Waals surface area contributed by atoms with E-state index in [1.165, 1.54) is 16.2 Å². The molecule has 1 aliphatic rings. The van der Waals surface area contributed by atoms with Crippen LogP contribution in [0.15, 0.2) is 30.3 Å². The van der Waals surface area contributed by atoms with Gasteiger partial charge in [-0.3, -0.25) is 9.78 Å². The van der Waals surface area contributed by atoms with E-state index in [-0.39, 0.29) is 0 Å². The number of nitrogens with zero attached hydrogens (tertiary/aromatic N) is 2. The van der Waals surface area contributed by atoms with Crippen molar-refractivity contribution < 1.29 is 14.3 Å². The van der Waals surface area contributed by atoms with Crippen molar-refractivity contribution in [1.82, 2.24) is 4.98 Å². The number of amides is 1. The van der Waals surface area contributed by atoms with Crippen LogP contribution in [-0.2, 0) is 22.4 Å². The fourth-order valence-electron chi connectivity index (χ4n) is 3.96. The Balaban J connectivity index is 1.55. The Labute approximate surface area is 184 Å². The van der Waals surface area contributed by atoms with Crippen LogP contribution in [0.3, 0.4) is 0 Å². The quantitative estimate of drug-likeness (QED) is 0.576. The lowest BCUT2D eigenvalue weighted by Gasteiger charge is -2.16. The SMILES string of the molecule is CC[C@H](OC(=O)c1cc(C)nc2ccccc12)C(=O)Nc1sc2c(c1C#N)CCCC2. The summed E-state index contributed by atoms with van der Waals surface area (Å²) in [7, 11) is 0. The van der Waals surface area contributed by atoms with Gasteiger partial charge in [-0.25, -0.2) is 4.79 Å². The lowest BCUT2D eigenvalue weighted by Crippen LogP contribution is -2.32. The summed E-state index contributed by atoms with van der Waals surface area (Å²) < 4.78 is 5.60. The maximum absolute atomic E-state index is 12.9.